The van der Waals surface area contributed by atoms with E-state index in [1.54, 1.807) is 11.3 Å². The maximum atomic E-state index is 11.9. The van der Waals surface area contributed by atoms with Gasteiger partial charge in [0.15, 0.2) is 5.78 Å². The Morgan fingerprint density at radius 3 is 2.44 bits per heavy atom. The first-order valence-corrected chi connectivity index (χ1v) is 6.18. The number of thiophene rings is 1. The Morgan fingerprint density at radius 1 is 1.19 bits per heavy atom. The summed E-state index contributed by atoms with van der Waals surface area (Å²) in [5, 5.41) is 0.697. The second-order valence-electron chi connectivity index (χ2n) is 3.64. The number of hydrogen-bond acceptors (Lipinski definition) is 2. The largest absolute Gasteiger partial charge is 0.293 e. The molecule has 0 aliphatic rings. The van der Waals surface area contributed by atoms with Crippen LogP contribution in [0, 0.1) is 6.92 Å². The van der Waals surface area contributed by atoms with Crippen molar-refractivity contribution in [3.8, 4) is 0 Å². The van der Waals surface area contributed by atoms with E-state index < -0.39 is 0 Å². The average molecular weight is 251 g/mol. The number of rotatable bonds is 3. The Hall–Kier alpha value is -1.12. The summed E-state index contributed by atoms with van der Waals surface area (Å²) in [6, 6.07) is 11.3. The topological polar surface area (TPSA) is 17.1 Å². The van der Waals surface area contributed by atoms with Crippen LogP contribution in [0.25, 0.3) is 0 Å². The summed E-state index contributed by atoms with van der Waals surface area (Å²) >= 11 is 7.33. The van der Waals surface area contributed by atoms with Gasteiger partial charge in [-0.3, -0.25) is 4.79 Å². The summed E-state index contributed by atoms with van der Waals surface area (Å²) in [5.74, 6) is 0.167. The first-order valence-electron chi connectivity index (χ1n) is 4.99. The van der Waals surface area contributed by atoms with Crippen molar-refractivity contribution in [2.75, 3.05) is 0 Å². The zero-order valence-corrected chi connectivity index (χ0v) is 10.4. The minimum atomic E-state index is 0.167. The van der Waals surface area contributed by atoms with Gasteiger partial charge in [0.1, 0.15) is 0 Å². The van der Waals surface area contributed by atoms with Crippen LogP contribution in [0.15, 0.2) is 36.4 Å². The summed E-state index contributed by atoms with van der Waals surface area (Å²) in [6.07, 6.45) is 0.442. The lowest BCUT2D eigenvalue weighted by atomic mass is 10.1. The van der Waals surface area contributed by atoms with Gasteiger partial charge in [0.05, 0.1) is 4.88 Å². The molecule has 16 heavy (non-hydrogen) atoms. The molecule has 0 aliphatic carbocycles. The molecule has 1 heterocycles. The van der Waals surface area contributed by atoms with E-state index in [4.69, 9.17) is 11.6 Å². The summed E-state index contributed by atoms with van der Waals surface area (Å²) in [7, 11) is 0. The molecule has 1 aromatic carbocycles. The van der Waals surface area contributed by atoms with Gasteiger partial charge in [0, 0.05) is 16.3 Å². The fraction of sp³-hybridized carbons (Fsp3) is 0.154. The second-order valence-corrected chi connectivity index (χ2v) is 5.36. The van der Waals surface area contributed by atoms with Gasteiger partial charge in [0.2, 0.25) is 0 Å². The summed E-state index contributed by atoms with van der Waals surface area (Å²) in [5.41, 5.74) is 1.00. The first-order chi connectivity index (χ1) is 7.65. The molecule has 0 bridgehead atoms. The van der Waals surface area contributed by atoms with Crippen LogP contribution >= 0.6 is 22.9 Å². The Balaban J connectivity index is 2.10. The van der Waals surface area contributed by atoms with Crippen molar-refractivity contribution in [3.05, 3.63) is 56.7 Å². The van der Waals surface area contributed by atoms with Crippen molar-refractivity contribution >= 4 is 28.7 Å². The smallest absolute Gasteiger partial charge is 0.177 e. The molecular weight excluding hydrogens is 240 g/mol. The third kappa shape index (κ3) is 2.71. The van der Waals surface area contributed by atoms with E-state index in [9.17, 15) is 4.79 Å². The molecule has 0 amide bonds. The molecule has 1 aromatic heterocycles. The lowest BCUT2D eigenvalue weighted by molar-refractivity contribution is 0.0997. The fourth-order valence-corrected chi connectivity index (χ4v) is 2.39. The Kier molecular flexibility index (Phi) is 3.42. The van der Waals surface area contributed by atoms with E-state index in [-0.39, 0.29) is 5.78 Å². The van der Waals surface area contributed by atoms with Crippen molar-refractivity contribution in [1.29, 1.82) is 0 Å². The lowest BCUT2D eigenvalue weighted by Crippen LogP contribution is -2.00. The minimum Gasteiger partial charge on any atom is -0.293 e. The third-order valence-corrected chi connectivity index (χ3v) is 3.59. The molecule has 2 rings (SSSR count). The Bertz CT molecular complexity index is 499. The van der Waals surface area contributed by atoms with Crippen LogP contribution in [-0.2, 0) is 6.42 Å². The molecule has 0 saturated carbocycles. The van der Waals surface area contributed by atoms with Crippen molar-refractivity contribution in [1.82, 2.24) is 0 Å². The second kappa shape index (κ2) is 4.81. The Morgan fingerprint density at radius 2 is 1.88 bits per heavy atom. The number of carbonyl (C=O) groups is 1. The van der Waals surface area contributed by atoms with Gasteiger partial charge in [-0.05, 0) is 36.8 Å². The molecule has 2 aromatic rings. The highest BCUT2D eigenvalue weighted by atomic mass is 35.5. The normalized spacial score (nSPS) is 10.4. The first kappa shape index (κ1) is 11.4. The highest BCUT2D eigenvalue weighted by molar-refractivity contribution is 7.14. The molecule has 0 N–H and O–H groups in total. The van der Waals surface area contributed by atoms with Crippen molar-refractivity contribution in [2.45, 2.75) is 13.3 Å². The van der Waals surface area contributed by atoms with E-state index in [1.165, 1.54) is 4.88 Å². The molecule has 3 heteroatoms. The summed E-state index contributed by atoms with van der Waals surface area (Å²) in [4.78, 5) is 13.9. The van der Waals surface area contributed by atoms with Gasteiger partial charge in [-0.25, -0.2) is 0 Å². The van der Waals surface area contributed by atoms with Crippen LogP contribution in [0.3, 0.4) is 0 Å². The van der Waals surface area contributed by atoms with Gasteiger partial charge in [-0.2, -0.15) is 0 Å². The molecule has 0 fully saturated rings. The van der Waals surface area contributed by atoms with Crippen molar-refractivity contribution < 1.29 is 4.79 Å². The van der Waals surface area contributed by atoms with Crippen LogP contribution in [0.5, 0.6) is 0 Å². The van der Waals surface area contributed by atoms with Crippen molar-refractivity contribution in [3.63, 3.8) is 0 Å². The maximum Gasteiger partial charge on any atom is 0.177 e. The number of carbonyl (C=O) groups excluding carboxylic acids is 1. The van der Waals surface area contributed by atoms with Crippen LogP contribution in [-0.4, -0.2) is 5.78 Å². The molecule has 0 radical (unpaired) electrons. The number of halogens is 1. The number of hydrogen-bond donors (Lipinski definition) is 0. The molecule has 1 nitrogen and oxygen atoms in total. The molecule has 82 valence electrons. The van der Waals surface area contributed by atoms with E-state index in [0.29, 0.717) is 11.4 Å². The zero-order chi connectivity index (χ0) is 11.5. The zero-order valence-electron chi connectivity index (χ0n) is 8.87. The Labute approximate surface area is 104 Å². The average Bonchev–Trinajstić information content (AvgIpc) is 2.68. The SMILES string of the molecule is Cc1ccc(C(=O)Cc2ccc(Cl)cc2)s1. The lowest BCUT2D eigenvalue weighted by Gasteiger charge is -1.99. The quantitative estimate of drug-likeness (QED) is 0.749. The number of benzene rings is 1. The highest BCUT2D eigenvalue weighted by Gasteiger charge is 2.08. The van der Waals surface area contributed by atoms with Crippen LogP contribution in [0.1, 0.15) is 20.1 Å². The molecular formula is C13H11ClOS. The van der Waals surface area contributed by atoms with Crippen LogP contribution in [0.2, 0.25) is 5.02 Å². The minimum absolute atomic E-state index is 0.167. The maximum absolute atomic E-state index is 11.9. The predicted molar refractivity (Wildman–Crippen MR) is 68.5 cm³/mol. The van der Waals surface area contributed by atoms with E-state index >= 15 is 0 Å². The van der Waals surface area contributed by atoms with Gasteiger partial charge in [-0.15, -0.1) is 11.3 Å². The van der Waals surface area contributed by atoms with Gasteiger partial charge >= 0.3 is 0 Å². The molecule has 0 aliphatic heterocycles. The third-order valence-electron chi connectivity index (χ3n) is 2.29. The van der Waals surface area contributed by atoms with E-state index in [1.807, 2.05) is 43.3 Å². The molecule has 0 unspecified atom stereocenters. The standard InChI is InChI=1S/C13H11ClOS/c1-9-2-7-13(16-9)12(15)8-10-3-5-11(14)6-4-10/h2-7H,8H2,1H3. The van der Waals surface area contributed by atoms with E-state index in [0.717, 1.165) is 10.4 Å². The number of ketones is 1. The monoisotopic (exact) mass is 250 g/mol. The molecule has 0 saturated heterocycles. The molecule has 0 spiro atoms. The number of Topliss-reactive ketones (excluding diaryl/α,β-unsaturated/α-hetero) is 1. The van der Waals surface area contributed by atoms with Gasteiger partial charge in [0.25, 0.3) is 0 Å². The van der Waals surface area contributed by atoms with Gasteiger partial charge < -0.3 is 0 Å². The van der Waals surface area contributed by atoms with Gasteiger partial charge in [-0.1, -0.05) is 23.7 Å². The fourth-order valence-electron chi connectivity index (χ4n) is 1.46. The van der Waals surface area contributed by atoms with Crippen LogP contribution in [0.4, 0.5) is 0 Å². The molecule has 0 atom stereocenters. The predicted octanol–water partition coefficient (Wildman–Crippen LogP) is 4.14. The summed E-state index contributed by atoms with van der Waals surface area (Å²) in [6.45, 7) is 2.00. The summed E-state index contributed by atoms with van der Waals surface area (Å²) < 4.78 is 0. The van der Waals surface area contributed by atoms with Crippen molar-refractivity contribution in [2.24, 2.45) is 0 Å². The van der Waals surface area contributed by atoms with E-state index in [2.05, 4.69) is 0 Å². The highest BCUT2D eigenvalue weighted by Crippen LogP contribution is 2.18. The van der Waals surface area contributed by atoms with Crippen LogP contribution < -0.4 is 0 Å². The number of aryl methyl sites for hydroxylation is 1.